The number of nitrogens with zero attached hydrogens (tertiary/aromatic N) is 1. The lowest BCUT2D eigenvalue weighted by molar-refractivity contribution is -0.120. The molecule has 1 saturated heterocycles. The fourth-order valence-electron chi connectivity index (χ4n) is 3.88. The molecule has 150 valence electrons. The van der Waals surface area contributed by atoms with Gasteiger partial charge in [0, 0.05) is 41.0 Å². The molecule has 1 N–H and O–H groups in total. The van der Waals surface area contributed by atoms with Crippen LogP contribution >= 0.6 is 0 Å². The van der Waals surface area contributed by atoms with Gasteiger partial charge in [-0.1, -0.05) is 24.3 Å². The van der Waals surface area contributed by atoms with Crippen molar-refractivity contribution < 1.29 is 22.8 Å². The van der Waals surface area contributed by atoms with Gasteiger partial charge in [0.1, 0.15) is 0 Å². The zero-order chi connectivity index (χ0) is 20.8. The van der Waals surface area contributed by atoms with Crippen LogP contribution in [0.4, 0.5) is 5.69 Å². The van der Waals surface area contributed by atoms with Crippen molar-refractivity contribution in [3.8, 4) is 0 Å². The molecule has 1 unspecified atom stereocenters. The second kappa shape index (κ2) is 7.20. The highest BCUT2D eigenvalue weighted by Crippen LogP contribution is 2.29. The fraction of sp³-hybridized carbons (Fsp3) is 0.286. The van der Waals surface area contributed by atoms with Gasteiger partial charge in [0.25, 0.3) is 0 Å². The lowest BCUT2D eigenvalue weighted by atomic mass is 9.84. The van der Waals surface area contributed by atoms with Gasteiger partial charge in [0.15, 0.2) is 11.6 Å². The summed E-state index contributed by atoms with van der Waals surface area (Å²) in [6.07, 6.45) is 2.34. The number of hydrogen-bond donors (Lipinski definition) is 1. The summed E-state index contributed by atoms with van der Waals surface area (Å²) in [5.74, 6) is -1.24. The van der Waals surface area contributed by atoms with Crippen molar-refractivity contribution in [3.05, 3.63) is 64.7 Å². The number of hydrogen-bond acceptors (Lipinski definition) is 5. The largest absolute Gasteiger partial charge is 0.326 e. The number of nitrogens with one attached hydrogen (secondary N) is 1. The van der Waals surface area contributed by atoms with E-state index in [-0.39, 0.29) is 29.6 Å². The standard InChI is InChI=1S/C21H20N2O5S/c1-29(27,28)23-10-4-5-13(12-23)21(26)22-14-8-9-17-18(11-14)20(25)16-7-3-2-6-15(16)19(17)24/h2-3,6-9,11,13H,4-5,10,12H2,1H3,(H,22,26). The third kappa shape index (κ3) is 3.61. The second-order valence-electron chi connectivity index (χ2n) is 7.41. The van der Waals surface area contributed by atoms with Crippen LogP contribution in [0.5, 0.6) is 0 Å². The SMILES string of the molecule is CS(=O)(=O)N1CCCC(C(=O)Nc2ccc3c(c2)C(=O)c2ccccc2C3=O)C1. The minimum Gasteiger partial charge on any atom is -0.326 e. The quantitative estimate of drug-likeness (QED) is 0.710. The summed E-state index contributed by atoms with van der Waals surface area (Å²) < 4.78 is 24.8. The van der Waals surface area contributed by atoms with Gasteiger partial charge in [-0.3, -0.25) is 14.4 Å². The Kier molecular flexibility index (Phi) is 4.84. The van der Waals surface area contributed by atoms with Crippen LogP contribution in [0.1, 0.15) is 44.7 Å². The number of rotatable bonds is 3. The lowest BCUT2D eigenvalue weighted by Gasteiger charge is -2.30. The van der Waals surface area contributed by atoms with E-state index in [9.17, 15) is 22.8 Å². The Bertz CT molecular complexity index is 1140. The summed E-state index contributed by atoms with van der Waals surface area (Å²) in [6, 6.07) is 11.3. The highest BCUT2D eigenvalue weighted by Gasteiger charge is 2.32. The summed E-state index contributed by atoms with van der Waals surface area (Å²) in [4.78, 5) is 38.1. The average Bonchev–Trinajstić information content (AvgIpc) is 2.71. The van der Waals surface area contributed by atoms with Crippen LogP contribution in [0.3, 0.4) is 0 Å². The zero-order valence-corrected chi connectivity index (χ0v) is 16.7. The van der Waals surface area contributed by atoms with E-state index in [4.69, 9.17) is 0 Å². The first-order valence-electron chi connectivity index (χ1n) is 9.34. The Morgan fingerprint density at radius 3 is 2.28 bits per heavy atom. The Morgan fingerprint density at radius 2 is 1.62 bits per heavy atom. The molecule has 7 nitrogen and oxygen atoms in total. The Hall–Kier alpha value is -2.84. The Labute approximate surface area is 168 Å². The van der Waals surface area contributed by atoms with Crippen molar-refractivity contribution in [2.24, 2.45) is 5.92 Å². The van der Waals surface area contributed by atoms with Crippen LogP contribution < -0.4 is 5.32 Å². The van der Waals surface area contributed by atoms with Crippen LogP contribution in [0.2, 0.25) is 0 Å². The van der Waals surface area contributed by atoms with Crippen LogP contribution in [0.15, 0.2) is 42.5 Å². The molecule has 0 aromatic heterocycles. The van der Waals surface area contributed by atoms with E-state index in [0.29, 0.717) is 41.8 Å². The zero-order valence-electron chi connectivity index (χ0n) is 15.8. The monoisotopic (exact) mass is 412 g/mol. The van der Waals surface area contributed by atoms with Crippen LogP contribution in [0, 0.1) is 5.92 Å². The van der Waals surface area contributed by atoms with Crippen molar-refractivity contribution >= 4 is 33.2 Å². The van der Waals surface area contributed by atoms with Gasteiger partial charge in [-0.2, -0.15) is 0 Å². The van der Waals surface area contributed by atoms with Gasteiger partial charge in [-0.15, -0.1) is 0 Å². The number of piperidine rings is 1. The third-order valence-electron chi connectivity index (χ3n) is 5.42. The summed E-state index contributed by atoms with van der Waals surface area (Å²) >= 11 is 0. The van der Waals surface area contributed by atoms with Crippen molar-refractivity contribution in [1.29, 1.82) is 0 Å². The minimum absolute atomic E-state index is 0.139. The number of fused-ring (bicyclic) bond motifs is 2. The predicted octanol–water partition coefficient (Wildman–Crippen LogP) is 2.07. The molecule has 1 heterocycles. The maximum Gasteiger partial charge on any atom is 0.228 e. The first-order chi connectivity index (χ1) is 13.8. The first-order valence-corrected chi connectivity index (χ1v) is 11.2. The summed E-state index contributed by atoms with van der Waals surface area (Å²) in [5.41, 5.74) is 1.71. The molecule has 8 heteroatoms. The number of amides is 1. The molecule has 1 aliphatic heterocycles. The Balaban J connectivity index is 1.56. The van der Waals surface area contributed by atoms with Crippen LogP contribution in [-0.2, 0) is 14.8 Å². The molecule has 1 atom stereocenters. The molecule has 29 heavy (non-hydrogen) atoms. The van der Waals surface area contributed by atoms with Gasteiger partial charge < -0.3 is 5.32 Å². The predicted molar refractivity (Wildman–Crippen MR) is 108 cm³/mol. The van der Waals surface area contributed by atoms with Crippen molar-refractivity contribution in [2.45, 2.75) is 12.8 Å². The number of anilines is 1. The van der Waals surface area contributed by atoms with Crippen molar-refractivity contribution in [1.82, 2.24) is 4.31 Å². The summed E-state index contributed by atoms with van der Waals surface area (Å²) in [6.45, 7) is 0.553. The smallest absolute Gasteiger partial charge is 0.228 e. The van der Waals surface area contributed by atoms with Gasteiger partial charge in [0.2, 0.25) is 15.9 Å². The number of benzene rings is 2. The Morgan fingerprint density at radius 1 is 1.00 bits per heavy atom. The lowest BCUT2D eigenvalue weighted by Crippen LogP contribution is -2.43. The molecule has 1 fully saturated rings. The van der Waals surface area contributed by atoms with E-state index >= 15 is 0 Å². The van der Waals surface area contributed by atoms with E-state index in [1.807, 2.05) is 0 Å². The summed E-state index contributed by atoms with van der Waals surface area (Å²) in [7, 11) is -3.35. The molecule has 2 aromatic carbocycles. The number of carbonyl (C=O) groups excluding carboxylic acids is 3. The van der Waals surface area contributed by atoms with E-state index < -0.39 is 15.9 Å². The first kappa shape index (κ1) is 19.5. The average molecular weight is 412 g/mol. The molecule has 0 radical (unpaired) electrons. The van der Waals surface area contributed by atoms with Gasteiger partial charge >= 0.3 is 0 Å². The van der Waals surface area contributed by atoms with Gasteiger partial charge in [0.05, 0.1) is 12.2 Å². The molecular weight excluding hydrogens is 392 g/mol. The molecule has 0 bridgehead atoms. The van der Waals surface area contributed by atoms with Gasteiger partial charge in [-0.05, 0) is 31.0 Å². The van der Waals surface area contributed by atoms with Crippen molar-refractivity contribution in [2.75, 3.05) is 24.7 Å². The van der Waals surface area contributed by atoms with Crippen LogP contribution in [0.25, 0.3) is 0 Å². The topological polar surface area (TPSA) is 101 Å². The molecule has 1 amide bonds. The second-order valence-corrected chi connectivity index (χ2v) is 9.40. The molecule has 4 rings (SSSR count). The fourth-order valence-corrected chi connectivity index (χ4v) is 4.79. The normalized spacial score (nSPS) is 19.4. The molecule has 1 aliphatic carbocycles. The molecular formula is C21H20N2O5S. The van der Waals surface area contributed by atoms with E-state index in [2.05, 4.69) is 5.32 Å². The minimum atomic E-state index is -3.35. The van der Waals surface area contributed by atoms with E-state index in [1.54, 1.807) is 36.4 Å². The maximum absolute atomic E-state index is 12.8. The van der Waals surface area contributed by atoms with E-state index in [0.717, 1.165) is 6.26 Å². The number of carbonyl (C=O) groups is 3. The van der Waals surface area contributed by atoms with Crippen LogP contribution in [-0.4, -0.2) is 49.5 Å². The number of sulfonamides is 1. The molecule has 2 aromatic rings. The number of ketones is 2. The van der Waals surface area contributed by atoms with E-state index in [1.165, 1.54) is 10.4 Å². The van der Waals surface area contributed by atoms with Gasteiger partial charge in [-0.25, -0.2) is 12.7 Å². The molecule has 0 spiro atoms. The third-order valence-corrected chi connectivity index (χ3v) is 6.69. The molecule has 2 aliphatic rings. The van der Waals surface area contributed by atoms with Crippen molar-refractivity contribution in [3.63, 3.8) is 0 Å². The molecule has 0 saturated carbocycles. The highest BCUT2D eigenvalue weighted by atomic mass is 32.2. The highest BCUT2D eigenvalue weighted by molar-refractivity contribution is 7.88. The maximum atomic E-state index is 12.8. The summed E-state index contributed by atoms with van der Waals surface area (Å²) in [5, 5.41) is 2.77.